The number of hydrogen-bond acceptors (Lipinski definition) is 5. The summed E-state index contributed by atoms with van der Waals surface area (Å²) in [5, 5.41) is 10.8. The van der Waals surface area contributed by atoms with E-state index in [9.17, 15) is 14.9 Å². The number of ether oxygens (including phenoxy) is 2. The Hall–Kier alpha value is -2.11. The molecule has 0 aliphatic heterocycles. The molecule has 1 aromatic carbocycles. The number of nitro groups is 1. The molecule has 1 atom stereocenters. The van der Waals surface area contributed by atoms with Gasteiger partial charge in [0.05, 0.1) is 18.1 Å². The van der Waals surface area contributed by atoms with Crippen molar-refractivity contribution in [3.63, 3.8) is 0 Å². The van der Waals surface area contributed by atoms with Crippen molar-refractivity contribution in [1.82, 2.24) is 0 Å². The fraction of sp³-hybridized carbons (Fsp3) is 0.417. The Labute approximate surface area is 104 Å². The van der Waals surface area contributed by atoms with Crippen molar-refractivity contribution >= 4 is 11.5 Å². The molecule has 6 heteroatoms. The van der Waals surface area contributed by atoms with Crippen LogP contribution in [-0.4, -0.2) is 23.9 Å². The third kappa shape index (κ3) is 2.58. The molecule has 0 heterocycles. The van der Waals surface area contributed by atoms with Crippen LogP contribution in [0.15, 0.2) is 18.2 Å². The second-order valence-electron chi connectivity index (χ2n) is 4.11. The van der Waals surface area contributed by atoms with E-state index in [0.717, 1.165) is 0 Å². The molecular formula is C12H13NO5. The van der Waals surface area contributed by atoms with Crippen molar-refractivity contribution in [2.24, 2.45) is 0 Å². The van der Waals surface area contributed by atoms with E-state index in [1.165, 1.54) is 19.2 Å². The lowest BCUT2D eigenvalue weighted by Gasteiger charge is -2.12. The maximum Gasteiger partial charge on any atom is 0.314 e. The van der Waals surface area contributed by atoms with Crippen molar-refractivity contribution in [1.29, 1.82) is 0 Å². The fourth-order valence-corrected chi connectivity index (χ4v) is 1.96. The maximum atomic E-state index is 11.1. The molecule has 0 spiro atoms. The monoisotopic (exact) mass is 251 g/mol. The highest BCUT2D eigenvalue weighted by Gasteiger charge is 2.24. The van der Waals surface area contributed by atoms with Gasteiger partial charge >= 0.3 is 5.69 Å². The number of nitro benzene ring substituents is 1. The molecule has 1 unspecified atom stereocenters. The SMILES string of the molecule is COc1ccc(OC2CCC(=O)C2)cc1[N+](=O)[O-]. The minimum Gasteiger partial charge on any atom is -0.490 e. The highest BCUT2D eigenvalue weighted by molar-refractivity contribution is 5.81. The van der Waals surface area contributed by atoms with Crippen molar-refractivity contribution in [2.45, 2.75) is 25.4 Å². The molecule has 1 aliphatic carbocycles. The van der Waals surface area contributed by atoms with Crippen LogP contribution in [0.1, 0.15) is 19.3 Å². The van der Waals surface area contributed by atoms with Crippen LogP contribution in [0.4, 0.5) is 5.69 Å². The van der Waals surface area contributed by atoms with E-state index in [4.69, 9.17) is 9.47 Å². The summed E-state index contributed by atoms with van der Waals surface area (Å²) >= 11 is 0. The third-order valence-corrected chi connectivity index (χ3v) is 2.85. The lowest BCUT2D eigenvalue weighted by Crippen LogP contribution is -2.12. The molecule has 1 saturated carbocycles. The topological polar surface area (TPSA) is 78.7 Å². The summed E-state index contributed by atoms with van der Waals surface area (Å²) in [4.78, 5) is 21.4. The van der Waals surface area contributed by atoms with Gasteiger partial charge in [-0.25, -0.2) is 0 Å². The molecule has 0 bridgehead atoms. The van der Waals surface area contributed by atoms with Crippen molar-refractivity contribution in [3.05, 3.63) is 28.3 Å². The van der Waals surface area contributed by atoms with E-state index in [-0.39, 0.29) is 23.3 Å². The zero-order chi connectivity index (χ0) is 13.1. The molecule has 6 nitrogen and oxygen atoms in total. The van der Waals surface area contributed by atoms with E-state index in [1.807, 2.05) is 0 Å². The number of hydrogen-bond donors (Lipinski definition) is 0. The average Bonchev–Trinajstić information content (AvgIpc) is 2.74. The van der Waals surface area contributed by atoms with Crippen LogP contribution in [0.25, 0.3) is 0 Å². The van der Waals surface area contributed by atoms with Gasteiger partial charge in [0.1, 0.15) is 17.6 Å². The van der Waals surface area contributed by atoms with E-state index in [1.54, 1.807) is 6.07 Å². The summed E-state index contributed by atoms with van der Waals surface area (Å²) in [5.41, 5.74) is -0.140. The first-order chi connectivity index (χ1) is 8.60. The molecule has 0 aromatic heterocycles. The number of nitrogens with zero attached hydrogens (tertiary/aromatic N) is 1. The van der Waals surface area contributed by atoms with Crippen LogP contribution in [-0.2, 0) is 4.79 Å². The number of rotatable bonds is 4. The smallest absolute Gasteiger partial charge is 0.314 e. The van der Waals surface area contributed by atoms with Gasteiger partial charge in [-0.2, -0.15) is 0 Å². The van der Waals surface area contributed by atoms with Crippen LogP contribution in [0.2, 0.25) is 0 Å². The zero-order valence-corrected chi connectivity index (χ0v) is 9.92. The van der Waals surface area contributed by atoms with Crippen LogP contribution in [0.5, 0.6) is 11.5 Å². The van der Waals surface area contributed by atoms with Gasteiger partial charge in [0.2, 0.25) is 0 Å². The number of carbonyl (C=O) groups excluding carboxylic acids is 1. The molecule has 0 N–H and O–H groups in total. The Kier molecular flexibility index (Phi) is 3.45. The van der Waals surface area contributed by atoms with E-state index < -0.39 is 4.92 Å². The number of carbonyl (C=O) groups is 1. The van der Waals surface area contributed by atoms with E-state index in [0.29, 0.717) is 25.0 Å². The number of Topliss-reactive ketones (excluding diaryl/α,β-unsaturated/α-hetero) is 1. The first kappa shape index (κ1) is 12.3. The molecule has 0 saturated heterocycles. The van der Waals surface area contributed by atoms with Crippen LogP contribution in [0.3, 0.4) is 0 Å². The number of ketones is 1. The van der Waals surface area contributed by atoms with Crippen molar-refractivity contribution in [3.8, 4) is 11.5 Å². The first-order valence-corrected chi connectivity index (χ1v) is 5.61. The summed E-state index contributed by atoms with van der Waals surface area (Å²) < 4.78 is 10.5. The molecule has 96 valence electrons. The van der Waals surface area contributed by atoms with E-state index >= 15 is 0 Å². The Morgan fingerprint density at radius 2 is 2.22 bits per heavy atom. The lowest BCUT2D eigenvalue weighted by molar-refractivity contribution is -0.385. The van der Waals surface area contributed by atoms with Gasteiger partial charge in [0, 0.05) is 12.8 Å². The molecule has 1 fully saturated rings. The summed E-state index contributed by atoms with van der Waals surface area (Å²) in [6.45, 7) is 0. The molecule has 1 aromatic rings. The number of benzene rings is 1. The molecule has 1 aliphatic rings. The van der Waals surface area contributed by atoms with Crippen LogP contribution < -0.4 is 9.47 Å². The Balaban J connectivity index is 2.16. The standard InChI is InChI=1S/C12H13NO5/c1-17-12-5-4-10(7-11(12)13(15)16)18-9-3-2-8(14)6-9/h4-5,7,9H,2-3,6H2,1H3. The highest BCUT2D eigenvalue weighted by Crippen LogP contribution is 2.32. The van der Waals surface area contributed by atoms with Crippen molar-refractivity contribution in [2.75, 3.05) is 7.11 Å². The lowest BCUT2D eigenvalue weighted by atomic mass is 10.2. The highest BCUT2D eigenvalue weighted by atomic mass is 16.6. The second-order valence-corrected chi connectivity index (χ2v) is 4.11. The molecule has 0 amide bonds. The number of methoxy groups -OCH3 is 1. The van der Waals surface area contributed by atoms with Gasteiger partial charge in [-0.1, -0.05) is 0 Å². The average molecular weight is 251 g/mol. The van der Waals surface area contributed by atoms with Crippen molar-refractivity contribution < 1.29 is 19.2 Å². The minimum absolute atomic E-state index is 0.140. The molecule has 18 heavy (non-hydrogen) atoms. The van der Waals surface area contributed by atoms with Gasteiger partial charge in [-0.3, -0.25) is 14.9 Å². The normalized spacial score (nSPS) is 18.7. The minimum atomic E-state index is -0.522. The van der Waals surface area contributed by atoms with Gasteiger partial charge in [-0.15, -0.1) is 0 Å². The van der Waals surface area contributed by atoms with Gasteiger partial charge in [-0.05, 0) is 18.6 Å². The molecule has 2 rings (SSSR count). The van der Waals surface area contributed by atoms with Crippen LogP contribution in [0, 0.1) is 10.1 Å². The largest absolute Gasteiger partial charge is 0.490 e. The van der Waals surface area contributed by atoms with Gasteiger partial charge in [0.25, 0.3) is 0 Å². The molecule has 0 radical (unpaired) electrons. The fourth-order valence-electron chi connectivity index (χ4n) is 1.96. The predicted molar refractivity (Wildman–Crippen MR) is 62.9 cm³/mol. The quantitative estimate of drug-likeness (QED) is 0.604. The summed E-state index contributed by atoms with van der Waals surface area (Å²) in [7, 11) is 1.37. The summed E-state index contributed by atoms with van der Waals surface area (Å²) in [6, 6.07) is 4.42. The first-order valence-electron chi connectivity index (χ1n) is 5.61. The maximum absolute atomic E-state index is 11.1. The van der Waals surface area contributed by atoms with Crippen LogP contribution >= 0.6 is 0 Å². The Morgan fingerprint density at radius 1 is 1.44 bits per heavy atom. The Morgan fingerprint density at radius 3 is 2.78 bits per heavy atom. The zero-order valence-electron chi connectivity index (χ0n) is 9.92. The second kappa shape index (κ2) is 5.03. The summed E-state index contributed by atoms with van der Waals surface area (Å²) in [5.74, 6) is 0.750. The summed E-state index contributed by atoms with van der Waals surface area (Å²) in [6.07, 6.45) is 1.38. The van der Waals surface area contributed by atoms with Gasteiger partial charge in [0.15, 0.2) is 5.75 Å². The molecular weight excluding hydrogens is 238 g/mol. The third-order valence-electron chi connectivity index (χ3n) is 2.85. The Bertz CT molecular complexity index is 485. The van der Waals surface area contributed by atoms with Gasteiger partial charge < -0.3 is 9.47 Å². The predicted octanol–water partition coefficient (Wildman–Crippen LogP) is 2.10. The van der Waals surface area contributed by atoms with E-state index in [2.05, 4.69) is 0 Å².